The Balaban J connectivity index is 2.04. The Hall–Kier alpha value is -2.10. The van der Waals surface area contributed by atoms with E-state index in [0.717, 1.165) is 18.9 Å². The zero-order chi connectivity index (χ0) is 10.5. The normalized spacial score (nSPS) is 16.0. The number of hydrogen-bond donors (Lipinski definition) is 0. The minimum absolute atomic E-state index is 0.979. The van der Waals surface area contributed by atoms with Crippen LogP contribution in [0, 0.1) is 0 Å². The molecule has 0 spiro atoms. The maximum atomic E-state index is 4.24. The van der Waals surface area contributed by atoms with E-state index in [9.17, 15) is 0 Å². The van der Waals surface area contributed by atoms with Gasteiger partial charge >= 0.3 is 0 Å². The van der Waals surface area contributed by atoms with Crippen LogP contribution in [0.3, 0.4) is 0 Å². The van der Waals surface area contributed by atoms with Gasteiger partial charge in [0.2, 0.25) is 0 Å². The van der Waals surface area contributed by atoms with Gasteiger partial charge in [0.25, 0.3) is 0 Å². The van der Waals surface area contributed by atoms with Crippen molar-refractivity contribution in [2.45, 2.75) is 0 Å². The van der Waals surface area contributed by atoms with Crippen molar-refractivity contribution >= 4 is 22.9 Å². The van der Waals surface area contributed by atoms with Crippen LogP contribution in [0.25, 0.3) is 0 Å². The average Bonchev–Trinajstić information content (AvgIpc) is 2.40. The van der Waals surface area contributed by atoms with Gasteiger partial charge in [0, 0.05) is 13.1 Å². The molecule has 0 radical (unpaired) electrons. The predicted molar refractivity (Wildman–Crippen MR) is 62.5 cm³/mol. The molecule has 0 aliphatic carbocycles. The summed E-state index contributed by atoms with van der Waals surface area (Å²) in [6, 6.07) is 10.5. The zero-order valence-electron chi connectivity index (χ0n) is 8.67. The zero-order valence-corrected chi connectivity index (χ0v) is 8.67. The fourth-order valence-electron chi connectivity index (χ4n) is 2.55. The molecule has 2 aromatic rings. The first kappa shape index (κ1) is 8.10. The fourth-order valence-corrected chi connectivity index (χ4v) is 2.55. The van der Waals surface area contributed by atoms with E-state index < -0.39 is 0 Å². The van der Waals surface area contributed by atoms with E-state index >= 15 is 0 Å². The minimum Gasteiger partial charge on any atom is -0.335 e. The van der Waals surface area contributed by atoms with Gasteiger partial charge < -0.3 is 9.80 Å². The van der Waals surface area contributed by atoms with Crippen molar-refractivity contribution in [3.8, 4) is 0 Å². The molecule has 1 aromatic carbocycles. The van der Waals surface area contributed by atoms with Gasteiger partial charge in [-0.2, -0.15) is 5.10 Å². The van der Waals surface area contributed by atoms with E-state index in [1.807, 2.05) is 6.07 Å². The lowest BCUT2D eigenvalue weighted by molar-refractivity contribution is 0.783. The molecule has 4 heterocycles. The molecule has 0 saturated heterocycles. The van der Waals surface area contributed by atoms with E-state index in [2.05, 4.69) is 44.3 Å². The maximum absolute atomic E-state index is 4.24. The summed E-state index contributed by atoms with van der Waals surface area (Å²) >= 11 is 0. The van der Waals surface area contributed by atoms with Crippen LogP contribution >= 0.6 is 0 Å². The molecule has 0 saturated carbocycles. The van der Waals surface area contributed by atoms with Crippen LogP contribution < -0.4 is 9.80 Å². The Morgan fingerprint density at radius 3 is 2.50 bits per heavy atom. The molecule has 2 bridgehead atoms. The maximum Gasteiger partial charge on any atom is 0.179 e. The highest BCUT2D eigenvalue weighted by molar-refractivity contribution is 5.93. The number of anilines is 4. The second kappa shape index (κ2) is 2.72. The van der Waals surface area contributed by atoms with Crippen molar-refractivity contribution < 1.29 is 0 Å². The van der Waals surface area contributed by atoms with Gasteiger partial charge in [-0.1, -0.05) is 12.1 Å². The summed E-state index contributed by atoms with van der Waals surface area (Å²) in [5.41, 5.74) is 3.68. The number of para-hydroxylation sites is 2. The summed E-state index contributed by atoms with van der Waals surface area (Å²) in [7, 11) is 0. The largest absolute Gasteiger partial charge is 0.335 e. The van der Waals surface area contributed by atoms with E-state index in [1.54, 1.807) is 6.20 Å². The highest BCUT2D eigenvalue weighted by Crippen LogP contribution is 2.48. The molecule has 78 valence electrons. The second-order valence-electron chi connectivity index (χ2n) is 4.03. The Kier molecular flexibility index (Phi) is 1.38. The smallest absolute Gasteiger partial charge is 0.179 e. The van der Waals surface area contributed by atoms with Crippen LogP contribution in [0.1, 0.15) is 0 Å². The second-order valence-corrected chi connectivity index (χ2v) is 4.03. The summed E-state index contributed by atoms with van der Waals surface area (Å²) in [6.07, 6.45) is 1.75. The minimum atomic E-state index is 0.979. The molecule has 3 aliphatic heterocycles. The van der Waals surface area contributed by atoms with E-state index in [4.69, 9.17) is 0 Å². The lowest BCUT2D eigenvalue weighted by Gasteiger charge is -2.44. The molecule has 4 nitrogen and oxygen atoms in total. The molecular weight excluding hydrogens is 200 g/mol. The number of rotatable bonds is 0. The first-order chi connectivity index (χ1) is 7.95. The van der Waals surface area contributed by atoms with E-state index in [-0.39, 0.29) is 0 Å². The number of benzene rings is 1. The van der Waals surface area contributed by atoms with Crippen LogP contribution in [0.15, 0.2) is 36.5 Å². The van der Waals surface area contributed by atoms with Gasteiger partial charge in [-0.05, 0) is 18.2 Å². The summed E-state index contributed by atoms with van der Waals surface area (Å²) in [5.74, 6) is 0.979. The van der Waals surface area contributed by atoms with Crippen LogP contribution in [0.4, 0.5) is 22.9 Å². The summed E-state index contributed by atoms with van der Waals surface area (Å²) in [5, 5.41) is 8.21. The van der Waals surface area contributed by atoms with Gasteiger partial charge in [-0.25, -0.2) is 0 Å². The molecule has 0 N–H and O–H groups in total. The number of aromatic nitrogens is 2. The highest BCUT2D eigenvalue weighted by Gasteiger charge is 2.34. The van der Waals surface area contributed by atoms with E-state index in [1.165, 1.54) is 17.1 Å². The topological polar surface area (TPSA) is 32.3 Å². The number of hydrogen-bond acceptors (Lipinski definition) is 4. The molecular formula is C12H10N4. The van der Waals surface area contributed by atoms with Crippen molar-refractivity contribution in [2.75, 3.05) is 22.9 Å². The van der Waals surface area contributed by atoms with Crippen molar-refractivity contribution in [2.24, 2.45) is 0 Å². The number of nitrogens with zero attached hydrogens (tertiary/aromatic N) is 4. The lowest BCUT2D eigenvalue weighted by Crippen LogP contribution is -2.42. The summed E-state index contributed by atoms with van der Waals surface area (Å²) < 4.78 is 0. The molecule has 4 heteroatoms. The predicted octanol–water partition coefficient (Wildman–Crippen LogP) is 2.08. The van der Waals surface area contributed by atoms with Crippen LogP contribution in [0.2, 0.25) is 0 Å². The van der Waals surface area contributed by atoms with Crippen LogP contribution in [-0.4, -0.2) is 23.3 Å². The third-order valence-corrected chi connectivity index (χ3v) is 3.24. The highest BCUT2D eigenvalue weighted by atomic mass is 15.4. The van der Waals surface area contributed by atoms with Crippen molar-refractivity contribution in [1.29, 1.82) is 0 Å². The van der Waals surface area contributed by atoms with Gasteiger partial charge in [0.05, 0.1) is 23.3 Å². The van der Waals surface area contributed by atoms with Gasteiger partial charge in [0.15, 0.2) is 5.82 Å². The molecule has 0 fully saturated rings. The van der Waals surface area contributed by atoms with Crippen LogP contribution in [0.5, 0.6) is 0 Å². The molecule has 0 unspecified atom stereocenters. The van der Waals surface area contributed by atoms with Gasteiger partial charge in [-0.3, -0.25) is 0 Å². The Labute approximate surface area is 93.1 Å². The Bertz CT molecular complexity index is 469. The molecule has 5 rings (SSSR count). The van der Waals surface area contributed by atoms with Crippen molar-refractivity contribution in [1.82, 2.24) is 10.2 Å². The molecule has 16 heavy (non-hydrogen) atoms. The third kappa shape index (κ3) is 0.845. The monoisotopic (exact) mass is 210 g/mol. The molecule has 3 aliphatic rings. The van der Waals surface area contributed by atoms with Gasteiger partial charge in [-0.15, -0.1) is 5.10 Å². The summed E-state index contributed by atoms with van der Waals surface area (Å²) in [4.78, 5) is 4.57. The first-order valence-corrected chi connectivity index (χ1v) is 5.41. The van der Waals surface area contributed by atoms with Gasteiger partial charge in [0.1, 0.15) is 0 Å². The SMILES string of the molecule is c1ccc2c(c1)N1CCN2c2nnccc21. The first-order valence-electron chi connectivity index (χ1n) is 5.41. The van der Waals surface area contributed by atoms with Crippen LogP contribution in [-0.2, 0) is 0 Å². The quantitative estimate of drug-likeness (QED) is 0.666. The van der Waals surface area contributed by atoms with Crippen molar-refractivity contribution in [3.63, 3.8) is 0 Å². The Morgan fingerprint density at radius 1 is 0.875 bits per heavy atom. The van der Waals surface area contributed by atoms with Crippen molar-refractivity contribution in [3.05, 3.63) is 36.5 Å². The fraction of sp³-hybridized carbons (Fsp3) is 0.167. The molecule has 1 aromatic heterocycles. The lowest BCUT2D eigenvalue weighted by atomic mass is 10.1. The van der Waals surface area contributed by atoms with E-state index in [0.29, 0.717) is 0 Å². The standard InChI is InChI=1S/C12H10N4/c1-2-4-10-9(3-1)15-7-8-16(10)12-11(15)5-6-13-14-12/h1-6H,7-8H2. The number of fused-ring (bicyclic) bond motifs is 1. The molecule has 0 amide bonds. The summed E-state index contributed by atoms with van der Waals surface area (Å²) in [6.45, 7) is 2.01. The average molecular weight is 210 g/mol. The molecule has 0 atom stereocenters. The third-order valence-electron chi connectivity index (χ3n) is 3.24. The Morgan fingerprint density at radius 2 is 1.62 bits per heavy atom.